The van der Waals surface area contributed by atoms with E-state index in [4.69, 9.17) is 4.74 Å². The van der Waals surface area contributed by atoms with E-state index in [1.54, 1.807) is 0 Å². The minimum atomic E-state index is 0.141. The number of rotatable bonds is 8. The highest BCUT2D eigenvalue weighted by Crippen LogP contribution is 2.10. The summed E-state index contributed by atoms with van der Waals surface area (Å²) < 4.78 is 5.54. The molecule has 0 aliphatic heterocycles. The Bertz CT molecular complexity index is 440. The van der Waals surface area contributed by atoms with Crippen molar-refractivity contribution in [1.82, 2.24) is 15.6 Å². The van der Waals surface area contributed by atoms with E-state index in [2.05, 4.69) is 41.4 Å². The fourth-order valence-corrected chi connectivity index (χ4v) is 1.81. The second kappa shape index (κ2) is 10.0. The van der Waals surface area contributed by atoms with Crippen LogP contribution in [0.2, 0.25) is 0 Å². The minimum Gasteiger partial charge on any atom is -0.475 e. The van der Waals surface area contributed by atoms with Gasteiger partial charge in [-0.25, -0.2) is 9.98 Å². The average molecular weight is 306 g/mol. The lowest BCUT2D eigenvalue weighted by Crippen LogP contribution is -2.38. The molecule has 22 heavy (non-hydrogen) atoms. The van der Waals surface area contributed by atoms with E-state index in [1.807, 2.05) is 32.2 Å². The standard InChI is InChI=1S/C17H30N4O/c1-6-18-17(19-10-9-13(2)3)21-12-15-7-8-16(20-11-15)22-14(4)5/h7-8,11,13-14H,6,9-10,12H2,1-5H3,(H2,18,19,21). The Labute approximate surface area is 134 Å². The van der Waals surface area contributed by atoms with Crippen LogP contribution < -0.4 is 15.4 Å². The fraction of sp³-hybridized carbons (Fsp3) is 0.647. The molecule has 0 aliphatic rings. The number of nitrogens with zero attached hydrogens (tertiary/aromatic N) is 2. The van der Waals surface area contributed by atoms with Crippen LogP contribution in [-0.2, 0) is 6.54 Å². The Balaban J connectivity index is 2.53. The second-order valence-corrected chi connectivity index (χ2v) is 5.98. The molecule has 2 N–H and O–H groups in total. The van der Waals surface area contributed by atoms with Crippen LogP contribution in [0.4, 0.5) is 0 Å². The van der Waals surface area contributed by atoms with Gasteiger partial charge in [-0.1, -0.05) is 19.9 Å². The molecule has 1 aromatic rings. The van der Waals surface area contributed by atoms with Crippen molar-refractivity contribution in [3.8, 4) is 5.88 Å². The molecule has 0 unspecified atom stereocenters. The molecule has 1 rings (SSSR count). The topological polar surface area (TPSA) is 58.5 Å². The molecule has 5 nitrogen and oxygen atoms in total. The molecule has 0 amide bonds. The maximum absolute atomic E-state index is 5.54. The van der Waals surface area contributed by atoms with E-state index in [9.17, 15) is 0 Å². The number of ether oxygens (including phenoxy) is 1. The predicted octanol–water partition coefficient (Wildman–Crippen LogP) is 2.97. The molecule has 0 saturated carbocycles. The van der Waals surface area contributed by atoms with Gasteiger partial charge in [0.15, 0.2) is 5.96 Å². The monoisotopic (exact) mass is 306 g/mol. The fourth-order valence-electron chi connectivity index (χ4n) is 1.81. The van der Waals surface area contributed by atoms with Crippen molar-refractivity contribution in [3.63, 3.8) is 0 Å². The maximum atomic E-state index is 5.54. The van der Waals surface area contributed by atoms with Gasteiger partial charge in [0.2, 0.25) is 5.88 Å². The molecule has 0 atom stereocenters. The van der Waals surface area contributed by atoms with E-state index in [-0.39, 0.29) is 6.10 Å². The SMILES string of the molecule is CCNC(=NCc1ccc(OC(C)C)nc1)NCCC(C)C. The number of guanidine groups is 1. The quantitative estimate of drug-likeness (QED) is 0.572. The normalized spacial score (nSPS) is 11.9. The second-order valence-electron chi connectivity index (χ2n) is 5.98. The number of aromatic nitrogens is 1. The zero-order valence-corrected chi connectivity index (χ0v) is 14.5. The van der Waals surface area contributed by atoms with Crippen molar-refractivity contribution in [1.29, 1.82) is 0 Å². The first-order valence-corrected chi connectivity index (χ1v) is 8.15. The first-order valence-electron chi connectivity index (χ1n) is 8.15. The van der Waals surface area contributed by atoms with E-state index in [0.717, 1.165) is 31.0 Å². The predicted molar refractivity (Wildman–Crippen MR) is 92.3 cm³/mol. The lowest BCUT2D eigenvalue weighted by molar-refractivity contribution is 0.232. The Kier molecular flexibility index (Phi) is 8.33. The van der Waals surface area contributed by atoms with Gasteiger partial charge < -0.3 is 15.4 Å². The first-order chi connectivity index (χ1) is 10.5. The molecule has 0 spiro atoms. The summed E-state index contributed by atoms with van der Waals surface area (Å²) in [6.45, 7) is 12.9. The highest BCUT2D eigenvalue weighted by Gasteiger charge is 2.01. The average Bonchev–Trinajstić information content (AvgIpc) is 2.45. The van der Waals surface area contributed by atoms with Crippen LogP contribution in [0.1, 0.15) is 46.6 Å². The van der Waals surface area contributed by atoms with Crippen LogP contribution in [0, 0.1) is 5.92 Å². The van der Waals surface area contributed by atoms with Gasteiger partial charge in [-0.2, -0.15) is 0 Å². The summed E-state index contributed by atoms with van der Waals surface area (Å²) in [6, 6.07) is 3.90. The zero-order valence-electron chi connectivity index (χ0n) is 14.5. The largest absolute Gasteiger partial charge is 0.475 e. The molecule has 0 aromatic carbocycles. The van der Waals surface area contributed by atoms with E-state index in [1.165, 1.54) is 0 Å². The third-order valence-corrected chi connectivity index (χ3v) is 2.93. The third-order valence-electron chi connectivity index (χ3n) is 2.93. The molecular formula is C17H30N4O. The van der Waals surface area contributed by atoms with Crippen LogP contribution in [0.25, 0.3) is 0 Å². The molecule has 0 bridgehead atoms. The van der Waals surface area contributed by atoms with Crippen LogP contribution in [0.15, 0.2) is 23.3 Å². The highest BCUT2D eigenvalue weighted by molar-refractivity contribution is 5.79. The summed E-state index contributed by atoms with van der Waals surface area (Å²) in [4.78, 5) is 8.88. The molecule has 0 saturated heterocycles. The van der Waals surface area contributed by atoms with Crippen molar-refractivity contribution in [2.24, 2.45) is 10.9 Å². The summed E-state index contributed by atoms with van der Waals surface area (Å²) in [5.74, 6) is 2.20. The molecule has 0 fully saturated rings. The van der Waals surface area contributed by atoms with Gasteiger partial charge >= 0.3 is 0 Å². The summed E-state index contributed by atoms with van der Waals surface area (Å²) in [6.07, 6.45) is 3.09. The van der Waals surface area contributed by atoms with Gasteiger partial charge in [0.1, 0.15) is 0 Å². The van der Waals surface area contributed by atoms with Crippen molar-refractivity contribution in [3.05, 3.63) is 23.9 Å². The number of aliphatic imine (C=N–C) groups is 1. The van der Waals surface area contributed by atoms with Gasteiger partial charge in [-0.05, 0) is 38.7 Å². The summed E-state index contributed by atoms with van der Waals surface area (Å²) in [5.41, 5.74) is 1.07. The van der Waals surface area contributed by atoms with Crippen LogP contribution in [0.3, 0.4) is 0 Å². The minimum absolute atomic E-state index is 0.141. The summed E-state index contributed by atoms with van der Waals surface area (Å²) in [7, 11) is 0. The lowest BCUT2D eigenvalue weighted by atomic mass is 10.1. The zero-order chi connectivity index (χ0) is 16.4. The molecule has 0 aliphatic carbocycles. The van der Waals surface area contributed by atoms with Gasteiger partial charge in [-0.15, -0.1) is 0 Å². The molecule has 1 aromatic heterocycles. The van der Waals surface area contributed by atoms with Gasteiger partial charge in [0, 0.05) is 25.4 Å². The van der Waals surface area contributed by atoms with Crippen LogP contribution >= 0.6 is 0 Å². The maximum Gasteiger partial charge on any atom is 0.213 e. The van der Waals surface area contributed by atoms with Crippen molar-refractivity contribution < 1.29 is 4.74 Å². The Morgan fingerprint density at radius 2 is 2.00 bits per heavy atom. The number of pyridine rings is 1. The molecule has 5 heteroatoms. The third kappa shape index (κ3) is 7.86. The first kappa shape index (κ1) is 18.3. The van der Waals surface area contributed by atoms with Gasteiger partial charge in [0.05, 0.1) is 12.6 Å². The summed E-state index contributed by atoms with van der Waals surface area (Å²) >= 11 is 0. The Morgan fingerprint density at radius 3 is 2.55 bits per heavy atom. The van der Waals surface area contributed by atoms with E-state index in [0.29, 0.717) is 18.3 Å². The Hall–Kier alpha value is -1.78. The van der Waals surface area contributed by atoms with Gasteiger partial charge in [0.25, 0.3) is 0 Å². The smallest absolute Gasteiger partial charge is 0.213 e. The van der Waals surface area contributed by atoms with E-state index >= 15 is 0 Å². The van der Waals surface area contributed by atoms with Gasteiger partial charge in [-0.3, -0.25) is 0 Å². The van der Waals surface area contributed by atoms with Crippen LogP contribution in [-0.4, -0.2) is 30.1 Å². The van der Waals surface area contributed by atoms with Crippen molar-refractivity contribution in [2.75, 3.05) is 13.1 Å². The molecule has 0 radical (unpaired) electrons. The summed E-state index contributed by atoms with van der Waals surface area (Å²) in [5, 5.41) is 6.61. The molecular weight excluding hydrogens is 276 g/mol. The number of hydrogen-bond donors (Lipinski definition) is 2. The van der Waals surface area contributed by atoms with Crippen molar-refractivity contribution in [2.45, 2.75) is 53.7 Å². The number of nitrogens with one attached hydrogen (secondary N) is 2. The van der Waals surface area contributed by atoms with Crippen LogP contribution in [0.5, 0.6) is 5.88 Å². The number of hydrogen-bond acceptors (Lipinski definition) is 3. The Morgan fingerprint density at radius 1 is 1.23 bits per heavy atom. The lowest BCUT2D eigenvalue weighted by Gasteiger charge is -2.12. The highest BCUT2D eigenvalue weighted by atomic mass is 16.5. The van der Waals surface area contributed by atoms with Crippen molar-refractivity contribution >= 4 is 5.96 Å². The molecule has 1 heterocycles. The van der Waals surface area contributed by atoms with E-state index < -0.39 is 0 Å². The molecule has 124 valence electrons.